The molecule has 0 saturated heterocycles. The van der Waals surface area contributed by atoms with Crippen LogP contribution in [0.5, 0.6) is 11.5 Å². The van der Waals surface area contributed by atoms with Gasteiger partial charge >= 0.3 is 12.0 Å². The number of carboxylic acid groups (broad SMARTS) is 1. The van der Waals surface area contributed by atoms with Crippen molar-refractivity contribution < 1.29 is 24.2 Å². The number of carboxylic acids is 1. The number of hydrogen-bond acceptors (Lipinski definition) is 5. The molecule has 0 spiro atoms. The van der Waals surface area contributed by atoms with Gasteiger partial charge in [-0.1, -0.05) is 29.8 Å². The summed E-state index contributed by atoms with van der Waals surface area (Å²) in [6.07, 6.45) is 1.37. The summed E-state index contributed by atoms with van der Waals surface area (Å²) in [6, 6.07) is 9.89. The minimum atomic E-state index is -1.14. The number of nitrogens with one attached hydrogen (secondary N) is 2. The molecule has 0 saturated carbocycles. The van der Waals surface area contributed by atoms with Crippen LogP contribution in [0.25, 0.3) is 0 Å². The molecule has 0 aromatic heterocycles. The zero-order valence-corrected chi connectivity index (χ0v) is 15.4. The molecule has 3 N–H and O–H groups in total. The number of aryl methyl sites for hydroxylation is 1. The van der Waals surface area contributed by atoms with Crippen LogP contribution >= 0.6 is 11.6 Å². The Kier molecular flexibility index (Phi) is 7.01. The first-order valence-electron chi connectivity index (χ1n) is 7.78. The number of aliphatic carboxylic acids is 1. The summed E-state index contributed by atoms with van der Waals surface area (Å²) in [6.45, 7) is 1.32. The monoisotopic (exact) mass is 391 g/mol. The average molecular weight is 392 g/mol. The number of hydrogen-bond donors (Lipinski definition) is 3. The molecule has 0 unspecified atom stereocenters. The van der Waals surface area contributed by atoms with Gasteiger partial charge in [-0.2, -0.15) is 5.10 Å². The van der Waals surface area contributed by atoms with Crippen molar-refractivity contribution >= 4 is 35.5 Å². The Morgan fingerprint density at radius 2 is 2.04 bits per heavy atom. The third-order valence-corrected chi connectivity index (χ3v) is 3.65. The molecule has 2 amide bonds. The van der Waals surface area contributed by atoms with Crippen molar-refractivity contribution in [2.45, 2.75) is 6.92 Å². The maximum atomic E-state index is 11.9. The molecule has 2 aromatic rings. The quantitative estimate of drug-likeness (QED) is 0.495. The van der Waals surface area contributed by atoms with E-state index in [0.717, 1.165) is 5.56 Å². The number of benzene rings is 2. The largest absolute Gasteiger partial charge is 0.493 e. The van der Waals surface area contributed by atoms with Crippen LogP contribution in [0.2, 0.25) is 5.02 Å². The van der Waals surface area contributed by atoms with E-state index >= 15 is 0 Å². The zero-order chi connectivity index (χ0) is 19.8. The molecule has 0 aliphatic heterocycles. The van der Waals surface area contributed by atoms with Crippen LogP contribution in [0.15, 0.2) is 41.5 Å². The van der Waals surface area contributed by atoms with Gasteiger partial charge in [-0.15, -0.1) is 0 Å². The second-order valence-corrected chi connectivity index (χ2v) is 5.76. The Morgan fingerprint density at radius 3 is 2.70 bits per heavy atom. The molecule has 0 heterocycles. The number of amides is 2. The smallest absolute Gasteiger partial charge is 0.341 e. The third-order valence-electron chi connectivity index (χ3n) is 3.36. The summed E-state index contributed by atoms with van der Waals surface area (Å²) in [4.78, 5) is 22.5. The molecular formula is C18H18ClN3O5. The van der Waals surface area contributed by atoms with Crippen LogP contribution in [-0.4, -0.2) is 37.0 Å². The van der Waals surface area contributed by atoms with Gasteiger partial charge < -0.3 is 19.9 Å². The van der Waals surface area contributed by atoms with E-state index in [0.29, 0.717) is 11.3 Å². The van der Waals surface area contributed by atoms with Crippen molar-refractivity contribution in [3.05, 3.63) is 52.5 Å². The summed E-state index contributed by atoms with van der Waals surface area (Å²) >= 11 is 6.10. The van der Waals surface area contributed by atoms with Gasteiger partial charge in [-0.25, -0.2) is 15.0 Å². The average Bonchev–Trinajstić information content (AvgIpc) is 2.62. The van der Waals surface area contributed by atoms with E-state index in [2.05, 4.69) is 15.8 Å². The highest BCUT2D eigenvalue weighted by Crippen LogP contribution is 2.36. The molecule has 0 fully saturated rings. The Balaban J connectivity index is 2.03. The van der Waals surface area contributed by atoms with Crippen molar-refractivity contribution in [3.63, 3.8) is 0 Å². The topological polar surface area (TPSA) is 109 Å². The fourth-order valence-corrected chi connectivity index (χ4v) is 2.39. The van der Waals surface area contributed by atoms with Crippen LogP contribution < -0.4 is 20.2 Å². The number of para-hydroxylation sites is 1. The first-order valence-corrected chi connectivity index (χ1v) is 8.16. The van der Waals surface area contributed by atoms with Crippen molar-refractivity contribution in [2.24, 2.45) is 5.10 Å². The highest BCUT2D eigenvalue weighted by molar-refractivity contribution is 6.32. The predicted octanol–water partition coefficient (Wildman–Crippen LogP) is 3.28. The Hall–Kier alpha value is -3.26. The lowest BCUT2D eigenvalue weighted by Gasteiger charge is -2.11. The number of methoxy groups -OCH3 is 1. The van der Waals surface area contributed by atoms with Crippen molar-refractivity contribution in [1.82, 2.24) is 5.43 Å². The Labute approximate surface area is 160 Å². The first-order chi connectivity index (χ1) is 12.9. The molecule has 2 aromatic carbocycles. The lowest BCUT2D eigenvalue weighted by atomic mass is 10.2. The molecule has 0 radical (unpaired) electrons. The van der Waals surface area contributed by atoms with E-state index in [4.69, 9.17) is 26.2 Å². The molecule has 0 atom stereocenters. The molecule has 142 valence electrons. The number of halogens is 1. The van der Waals surface area contributed by atoms with Crippen molar-refractivity contribution in [3.8, 4) is 11.5 Å². The number of urea groups is 1. The van der Waals surface area contributed by atoms with E-state index in [1.54, 1.807) is 12.1 Å². The zero-order valence-electron chi connectivity index (χ0n) is 14.7. The van der Waals surface area contributed by atoms with Crippen LogP contribution in [0.1, 0.15) is 11.1 Å². The van der Waals surface area contributed by atoms with Crippen LogP contribution in [-0.2, 0) is 4.79 Å². The predicted molar refractivity (Wildman–Crippen MR) is 102 cm³/mol. The Bertz CT molecular complexity index is 870. The highest BCUT2D eigenvalue weighted by atomic mass is 35.5. The number of anilines is 1. The fraction of sp³-hybridized carbons (Fsp3) is 0.167. The number of carbonyl (C=O) groups excluding carboxylic acids is 1. The highest BCUT2D eigenvalue weighted by Gasteiger charge is 2.13. The standard InChI is InChI=1S/C18H18ClN3O5/c1-11-5-3-4-6-14(11)21-18(25)22-20-9-12-7-13(19)17(15(8-12)26-2)27-10-16(23)24/h3-9H,10H2,1-2H3,(H,23,24)(H2,21,22,25). The van der Waals surface area contributed by atoms with Gasteiger partial charge in [0.1, 0.15) is 0 Å². The SMILES string of the molecule is COc1cc(C=NNC(=O)Nc2ccccc2C)cc(Cl)c1OCC(=O)O. The van der Waals surface area contributed by atoms with E-state index < -0.39 is 18.6 Å². The minimum Gasteiger partial charge on any atom is -0.493 e. The number of nitrogens with zero attached hydrogens (tertiary/aromatic N) is 1. The maximum absolute atomic E-state index is 11.9. The second kappa shape index (κ2) is 9.44. The van der Waals surface area contributed by atoms with Gasteiger partial charge in [0.2, 0.25) is 0 Å². The number of ether oxygens (including phenoxy) is 2. The normalized spacial score (nSPS) is 10.5. The van der Waals surface area contributed by atoms with E-state index in [9.17, 15) is 9.59 Å². The molecule has 0 bridgehead atoms. The van der Waals surface area contributed by atoms with Crippen LogP contribution in [0.4, 0.5) is 10.5 Å². The number of hydrazone groups is 1. The summed E-state index contributed by atoms with van der Waals surface area (Å²) in [5.41, 5.74) is 4.47. The third kappa shape index (κ3) is 5.89. The van der Waals surface area contributed by atoms with Crippen LogP contribution in [0, 0.1) is 6.92 Å². The van der Waals surface area contributed by atoms with Gasteiger partial charge in [-0.3, -0.25) is 0 Å². The second-order valence-electron chi connectivity index (χ2n) is 5.36. The summed E-state index contributed by atoms with van der Waals surface area (Å²) < 4.78 is 10.3. The van der Waals surface area contributed by atoms with E-state index in [-0.39, 0.29) is 16.5 Å². The summed E-state index contributed by atoms with van der Waals surface area (Å²) in [5.74, 6) is -0.777. The van der Waals surface area contributed by atoms with Crippen molar-refractivity contribution in [2.75, 3.05) is 19.0 Å². The van der Waals surface area contributed by atoms with E-state index in [1.807, 2.05) is 25.1 Å². The molecule has 27 heavy (non-hydrogen) atoms. The molecule has 9 heteroatoms. The maximum Gasteiger partial charge on any atom is 0.341 e. The summed E-state index contributed by atoms with van der Waals surface area (Å²) in [7, 11) is 1.40. The number of carbonyl (C=O) groups is 2. The van der Waals surface area contributed by atoms with E-state index in [1.165, 1.54) is 19.4 Å². The fourth-order valence-electron chi connectivity index (χ4n) is 2.12. The molecule has 8 nitrogen and oxygen atoms in total. The number of rotatable bonds is 7. The molecule has 0 aliphatic carbocycles. The van der Waals surface area contributed by atoms with Gasteiger partial charge in [0.25, 0.3) is 0 Å². The molecule has 0 aliphatic rings. The molecule has 2 rings (SSSR count). The van der Waals surface area contributed by atoms with Gasteiger partial charge in [0.15, 0.2) is 18.1 Å². The summed E-state index contributed by atoms with van der Waals surface area (Å²) in [5, 5.41) is 15.4. The van der Waals surface area contributed by atoms with Gasteiger partial charge in [0.05, 0.1) is 18.3 Å². The van der Waals surface area contributed by atoms with Gasteiger partial charge in [0, 0.05) is 5.69 Å². The van der Waals surface area contributed by atoms with Gasteiger partial charge in [-0.05, 0) is 36.2 Å². The van der Waals surface area contributed by atoms with Crippen molar-refractivity contribution in [1.29, 1.82) is 0 Å². The Morgan fingerprint density at radius 1 is 1.30 bits per heavy atom. The van der Waals surface area contributed by atoms with Crippen LogP contribution in [0.3, 0.4) is 0 Å². The lowest BCUT2D eigenvalue weighted by molar-refractivity contribution is -0.139. The first kappa shape index (κ1) is 20.1. The molecular weight excluding hydrogens is 374 g/mol. The minimum absolute atomic E-state index is 0.115. The lowest BCUT2D eigenvalue weighted by Crippen LogP contribution is -2.24.